The van der Waals surface area contributed by atoms with Gasteiger partial charge in [-0.2, -0.15) is 8.78 Å². The van der Waals surface area contributed by atoms with E-state index >= 15 is 0 Å². The Balaban J connectivity index is 2.11. The van der Waals surface area contributed by atoms with E-state index in [1.807, 2.05) is 0 Å². The van der Waals surface area contributed by atoms with Gasteiger partial charge >= 0.3 is 0 Å². The van der Waals surface area contributed by atoms with E-state index in [9.17, 15) is 22.0 Å². The fourth-order valence-corrected chi connectivity index (χ4v) is 3.32. The van der Waals surface area contributed by atoms with Gasteiger partial charge in [0.25, 0.3) is 0 Å². The monoisotopic (exact) mass is 416 g/mol. The van der Waals surface area contributed by atoms with Gasteiger partial charge < -0.3 is 14.5 Å². The van der Waals surface area contributed by atoms with Crippen LogP contribution in [0.5, 0.6) is 5.75 Å². The summed E-state index contributed by atoms with van der Waals surface area (Å²) in [7, 11) is -2.90. The third kappa shape index (κ3) is 8.62. The number of unbranched alkanes of at least 4 members (excludes halogenated alkanes) is 8. The molecule has 1 aromatic carbocycles. The molecule has 0 aliphatic rings. The van der Waals surface area contributed by atoms with Gasteiger partial charge in [-0.25, -0.2) is 13.2 Å². The molecule has 3 nitrogen and oxygen atoms in total. The lowest BCUT2D eigenvalue weighted by Gasteiger charge is -2.10. The second kappa shape index (κ2) is 11.7. The van der Waals surface area contributed by atoms with Crippen molar-refractivity contribution in [3.05, 3.63) is 29.1 Å². The molecule has 0 heterocycles. The standard InChI is InChI=1S/C18H26F5O3P/c1-27(24,25)12-10-8-6-4-2-3-5-7-9-11-26-18-16(22)14(20)13(19)15(21)17(18)23/h24-25H,1-12H2. The first-order chi connectivity index (χ1) is 12.6. The van der Waals surface area contributed by atoms with Gasteiger partial charge in [-0.05, 0) is 12.8 Å². The van der Waals surface area contributed by atoms with Crippen molar-refractivity contribution in [2.75, 3.05) is 12.8 Å². The summed E-state index contributed by atoms with van der Waals surface area (Å²) in [5.41, 5.74) is 0. The molecule has 0 amide bonds. The van der Waals surface area contributed by atoms with E-state index in [1.54, 1.807) is 0 Å². The summed E-state index contributed by atoms with van der Waals surface area (Å²) in [6.45, 7) is -0.128. The molecular weight excluding hydrogens is 390 g/mol. The molecule has 0 aliphatic heterocycles. The minimum absolute atomic E-state index is 0.128. The van der Waals surface area contributed by atoms with E-state index in [0.717, 1.165) is 51.4 Å². The van der Waals surface area contributed by atoms with Crippen LogP contribution in [0.1, 0.15) is 57.8 Å². The maximum Gasteiger partial charge on any atom is 0.206 e. The van der Waals surface area contributed by atoms with Crippen LogP contribution in [-0.2, 0) is 0 Å². The van der Waals surface area contributed by atoms with Crippen molar-refractivity contribution in [1.82, 2.24) is 0 Å². The van der Waals surface area contributed by atoms with Gasteiger partial charge in [-0.3, -0.25) is 0 Å². The third-order valence-corrected chi connectivity index (χ3v) is 5.11. The van der Waals surface area contributed by atoms with Crippen LogP contribution in [0.3, 0.4) is 0 Å². The number of hydrogen-bond acceptors (Lipinski definition) is 3. The molecule has 0 saturated carbocycles. The molecule has 0 spiro atoms. The molecule has 1 rings (SSSR count). The van der Waals surface area contributed by atoms with Gasteiger partial charge in [-0.15, -0.1) is 0 Å². The Morgan fingerprint density at radius 1 is 0.630 bits per heavy atom. The maximum atomic E-state index is 13.4. The topological polar surface area (TPSA) is 49.7 Å². The Hall–Kier alpha value is -1.11. The van der Waals surface area contributed by atoms with Crippen LogP contribution in [0.4, 0.5) is 22.0 Å². The van der Waals surface area contributed by atoms with Gasteiger partial charge in [0.15, 0.2) is 5.75 Å². The van der Waals surface area contributed by atoms with E-state index in [1.165, 1.54) is 0 Å². The predicted molar refractivity (Wildman–Crippen MR) is 96.6 cm³/mol. The molecule has 0 unspecified atom stereocenters. The first-order valence-corrected chi connectivity index (χ1v) is 11.0. The lowest BCUT2D eigenvalue weighted by atomic mass is 10.1. The lowest BCUT2D eigenvalue weighted by Crippen LogP contribution is -2.08. The summed E-state index contributed by atoms with van der Waals surface area (Å²) >= 11 is 0. The minimum Gasteiger partial charge on any atom is -0.487 e. The van der Waals surface area contributed by atoms with E-state index in [2.05, 4.69) is 6.30 Å². The first kappa shape index (κ1) is 23.9. The Labute approximate surface area is 156 Å². The molecule has 0 bridgehead atoms. The predicted octanol–water partition coefficient (Wildman–Crippen LogP) is 5.54. The Morgan fingerprint density at radius 2 is 1.00 bits per heavy atom. The van der Waals surface area contributed by atoms with E-state index < -0.39 is 42.2 Å². The molecule has 0 aromatic heterocycles. The fraction of sp³-hybridized carbons (Fsp3) is 0.611. The number of hydrogen-bond donors (Lipinski definition) is 2. The van der Waals surface area contributed by atoms with Gasteiger partial charge in [0, 0.05) is 6.16 Å². The first-order valence-electron chi connectivity index (χ1n) is 8.97. The lowest BCUT2D eigenvalue weighted by molar-refractivity contribution is 0.255. The van der Waals surface area contributed by atoms with Gasteiger partial charge in [0.2, 0.25) is 29.1 Å². The normalized spacial score (nSPS) is 11.8. The van der Waals surface area contributed by atoms with Crippen molar-refractivity contribution in [2.45, 2.75) is 57.8 Å². The van der Waals surface area contributed by atoms with Crippen LogP contribution < -0.4 is 4.74 Å². The number of halogens is 5. The van der Waals surface area contributed by atoms with Crippen LogP contribution in [0.15, 0.2) is 0 Å². The fourth-order valence-electron chi connectivity index (χ4n) is 2.59. The summed E-state index contributed by atoms with van der Waals surface area (Å²) in [6.07, 6.45) is 11.4. The number of rotatable bonds is 13. The van der Waals surface area contributed by atoms with E-state index in [4.69, 9.17) is 14.5 Å². The molecule has 27 heavy (non-hydrogen) atoms. The molecule has 0 radical (unpaired) electrons. The van der Waals surface area contributed by atoms with Crippen LogP contribution in [0, 0.1) is 29.1 Å². The molecule has 0 fully saturated rings. The average Bonchev–Trinajstić information content (AvgIpc) is 2.60. The van der Waals surface area contributed by atoms with Crippen molar-refractivity contribution < 1.29 is 36.5 Å². The van der Waals surface area contributed by atoms with Gasteiger partial charge in [0.1, 0.15) is 7.34 Å². The second-order valence-corrected chi connectivity index (χ2v) is 8.74. The van der Waals surface area contributed by atoms with E-state index in [-0.39, 0.29) is 6.61 Å². The van der Waals surface area contributed by atoms with Crippen LogP contribution >= 0.6 is 7.34 Å². The quantitative estimate of drug-likeness (QED) is 0.146. The molecule has 1 aromatic rings. The number of benzene rings is 1. The molecule has 9 heteroatoms. The summed E-state index contributed by atoms with van der Waals surface area (Å²) in [6, 6.07) is 0. The summed E-state index contributed by atoms with van der Waals surface area (Å²) < 4.78 is 70.5. The zero-order valence-corrected chi connectivity index (χ0v) is 16.0. The molecular formula is C18H26F5O3P. The second-order valence-electron chi connectivity index (χ2n) is 6.53. The van der Waals surface area contributed by atoms with Gasteiger partial charge in [0.05, 0.1) is 6.61 Å². The summed E-state index contributed by atoms with van der Waals surface area (Å²) in [5, 5.41) is 0. The highest BCUT2D eigenvalue weighted by molar-refractivity contribution is 7.62. The molecule has 2 N–H and O–H groups in total. The van der Waals surface area contributed by atoms with Crippen LogP contribution in [0.25, 0.3) is 0 Å². The molecule has 0 saturated heterocycles. The van der Waals surface area contributed by atoms with Crippen molar-refractivity contribution in [3.63, 3.8) is 0 Å². The van der Waals surface area contributed by atoms with Crippen molar-refractivity contribution >= 4 is 13.6 Å². The molecule has 156 valence electrons. The third-order valence-electron chi connectivity index (χ3n) is 4.08. The smallest absolute Gasteiger partial charge is 0.206 e. The maximum absolute atomic E-state index is 13.4. The molecule has 0 atom stereocenters. The highest BCUT2D eigenvalue weighted by Crippen LogP contribution is 2.35. The van der Waals surface area contributed by atoms with Crippen molar-refractivity contribution in [3.8, 4) is 5.75 Å². The summed E-state index contributed by atoms with van der Waals surface area (Å²) in [5.74, 6) is -11.4. The largest absolute Gasteiger partial charge is 0.487 e. The van der Waals surface area contributed by atoms with Crippen molar-refractivity contribution in [2.24, 2.45) is 0 Å². The highest BCUT2D eigenvalue weighted by Gasteiger charge is 2.26. The van der Waals surface area contributed by atoms with Gasteiger partial charge in [-0.1, -0.05) is 51.2 Å². The SMILES string of the molecule is C=P(O)(O)CCCCCCCCCCCOc1c(F)c(F)c(F)c(F)c1F. The van der Waals surface area contributed by atoms with Crippen molar-refractivity contribution in [1.29, 1.82) is 0 Å². The van der Waals surface area contributed by atoms with Crippen LogP contribution in [-0.4, -0.2) is 28.9 Å². The minimum atomic E-state index is -2.90. The number of ether oxygens (including phenoxy) is 1. The Kier molecular flexibility index (Phi) is 10.3. The van der Waals surface area contributed by atoms with Crippen LogP contribution in [0.2, 0.25) is 0 Å². The Bertz CT molecular complexity index is 619. The zero-order chi connectivity index (χ0) is 20.4. The Morgan fingerprint density at radius 3 is 1.44 bits per heavy atom. The van der Waals surface area contributed by atoms with E-state index in [0.29, 0.717) is 12.6 Å². The average molecular weight is 416 g/mol. The molecule has 0 aliphatic carbocycles. The summed E-state index contributed by atoms with van der Waals surface area (Å²) in [4.78, 5) is 18.3. The zero-order valence-electron chi connectivity index (χ0n) is 15.1. The highest BCUT2D eigenvalue weighted by atomic mass is 31.2.